The van der Waals surface area contributed by atoms with Gasteiger partial charge in [0, 0.05) is 41.2 Å². The molecule has 5 nitrogen and oxygen atoms in total. The fraction of sp³-hybridized carbons (Fsp3) is 0.0667. The minimum atomic E-state index is 0.209. The Hall–Kier alpha value is -4.64. The van der Waals surface area contributed by atoms with Crippen LogP contribution in [0.1, 0.15) is 0 Å². The van der Waals surface area contributed by atoms with Crippen LogP contribution in [0.25, 0.3) is 27.6 Å². The van der Waals surface area contributed by atoms with Gasteiger partial charge in [0.25, 0.3) is 0 Å². The van der Waals surface area contributed by atoms with Crippen LogP contribution in [-0.2, 0) is 0 Å². The van der Waals surface area contributed by atoms with Crippen LogP contribution in [0.3, 0.4) is 0 Å². The van der Waals surface area contributed by atoms with Gasteiger partial charge in [0.05, 0.1) is 22.8 Å². The lowest BCUT2D eigenvalue weighted by Crippen LogP contribution is -2.30. The summed E-state index contributed by atoms with van der Waals surface area (Å²) in [6.07, 6.45) is 12.4. The second-order valence-electron chi connectivity index (χ2n) is 8.77. The highest BCUT2D eigenvalue weighted by Crippen LogP contribution is 2.36. The summed E-state index contributed by atoms with van der Waals surface area (Å²) in [7, 11) is 0. The van der Waals surface area contributed by atoms with Gasteiger partial charge in [-0.2, -0.15) is 5.10 Å². The van der Waals surface area contributed by atoms with Crippen LogP contribution in [0.4, 0.5) is 5.69 Å². The zero-order valence-corrected chi connectivity index (χ0v) is 18.9. The van der Waals surface area contributed by atoms with Crippen molar-refractivity contribution in [1.82, 2.24) is 9.55 Å². The van der Waals surface area contributed by atoms with Crippen molar-refractivity contribution < 1.29 is 4.74 Å². The van der Waals surface area contributed by atoms with Crippen molar-refractivity contribution in [3.63, 3.8) is 0 Å². The Morgan fingerprint density at radius 1 is 0.714 bits per heavy atom. The molecule has 0 fully saturated rings. The molecule has 0 amide bonds. The van der Waals surface area contributed by atoms with Gasteiger partial charge in [-0.05, 0) is 42.5 Å². The van der Waals surface area contributed by atoms with E-state index in [0.29, 0.717) is 5.92 Å². The molecule has 0 spiro atoms. The van der Waals surface area contributed by atoms with E-state index in [2.05, 4.69) is 86.4 Å². The lowest BCUT2D eigenvalue weighted by Gasteiger charge is -2.25. The van der Waals surface area contributed by atoms with E-state index in [-0.39, 0.29) is 6.04 Å². The van der Waals surface area contributed by atoms with Crippen molar-refractivity contribution in [1.29, 1.82) is 0 Å². The summed E-state index contributed by atoms with van der Waals surface area (Å²) in [6.45, 7) is 0. The predicted molar refractivity (Wildman–Crippen MR) is 142 cm³/mol. The number of anilines is 1. The number of benzene rings is 3. The Morgan fingerprint density at radius 2 is 1.57 bits per heavy atom. The lowest BCUT2D eigenvalue weighted by atomic mass is 9.97. The Kier molecular flexibility index (Phi) is 4.52. The third-order valence-corrected chi connectivity index (χ3v) is 6.63. The first-order valence-corrected chi connectivity index (χ1v) is 11.8. The van der Waals surface area contributed by atoms with Crippen LogP contribution >= 0.6 is 0 Å². The molecule has 0 saturated heterocycles. The van der Waals surface area contributed by atoms with E-state index in [4.69, 9.17) is 4.74 Å². The Balaban J connectivity index is 1.27. The van der Waals surface area contributed by atoms with Gasteiger partial charge in [-0.3, -0.25) is 9.58 Å². The van der Waals surface area contributed by atoms with Crippen molar-refractivity contribution in [2.24, 2.45) is 11.0 Å². The number of para-hydroxylation sites is 1. The molecule has 2 unspecified atom stereocenters. The highest BCUT2D eigenvalue weighted by Gasteiger charge is 2.29. The summed E-state index contributed by atoms with van der Waals surface area (Å²) >= 11 is 0. The third-order valence-electron chi connectivity index (χ3n) is 6.63. The van der Waals surface area contributed by atoms with Gasteiger partial charge >= 0.3 is 0 Å². The summed E-state index contributed by atoms with van der Waals surface area (Å²) in [5.74, 6) is 2.74. The minimum Gasteiger partial charge on any atom is -0.457 e. The molecule has 3 heterocycles. The van der Waals surface area contributed by atoms with E-state index in [1.165, 1.54) is 10.8 Å². The van der Waals surface area contributed by atoms with Gasteiger partial charge in [-0.1, -0.05) is 54.6 Å². The molecule has 5 aromatic rings. The molecule has 0 N–H and O–H groups in total. The molecule has 0 bridgehead atoms. The Morgan fingerprint density at radius 3 is 2.51 bits per heavy atom. The van der Waals surface area contributed by atoms with Gasteiger partial charge < -0.3 is 4.74 Å². The second kappa shape index (κ2) is 7.99. The molecule has 2 aliphatic rings. The van der Waals surface area contributed by atoms with Crippen molar-refractivity contribution in [2.75, 3.05) is 5.01 Å². The zero-order valence-electron chi connectivity index (χ0n) is 18.9. The van der Waals surface area contributed by atoms with Crippen LogP contribution in [0.2, 0.25) is 0 Å². The Labute approximate surface area is 202 Å². The van der Waals surface area contributed by atoms with Gasteiger partial charge in [0.2, 0.25) is 0 Å². The first-order chi connectivity index (χ1) is 17.3. The van der Waals surface area contributed by atoms with E-state index in [1.54, 1.807) is 0 Å². The monoisotopic (exact) mass is 454 g/mol. The molecule has 2 aromatic heterocycles. The SMILES string of the molecule is C1=CC2C=NN(c3cccc(Oc4ccc5c6ccccc6n(-c6ccccn6)c5c4)c3)C2C=C1. The topological polar surface area (TPSA) is 42.6 Å². The van der Waals surface area contributed by atoms with Crippen molar-refractivity contribution in [3.8, 4) is 17.3 Å². The lowest BCUT2D eigenvalue weighted by molar-refractivity contribution is 0.483. The van der Waals surface area contributed by atoms with E-state index >= 15 is 0 Å². The Bertz CT molecular complexity index is 1650. The quantitative estimate of drug-likeness (QED) is 0.297. The van der Waals surface area contributed by atoms with E-state index in [1.807, 2.05) is 54.9 Å². The van der Waals surface area contributed by atoms with Crippen LogP contribution in [-0.4, -0.2) is 21.8 Å². The maximum absolute atomic E-state index is 6.37. The maximum atomic E-state index is 6.37. The largest absolute Gasteiger partial charge is 0.457 e. The molecule has 2 atom stereocenters. The van der Waals surface area contributed by atoms with E-state index < -0.39 is 0 Å². The highest BCUT2D eigenvalue weighted by atomic mass is 16.5. The second-order valence-corrected chi connectivity index (χ2v) is 8.77. The fourth-order valence-corrected chi connectivity index (χ4v) is 5.03. The molecule has 0 radical (unpaired) electrons. The van der Waals surface area contributed by atoms with Gasteiger partial charge in [0.1, 0.15) is 17.3 Å². The number of ether oxygens (including phenoxy) is 1. The number of nitrogens with zero attached hydrogens (tertiary/aromatic N) is 4. The summed E-state index contributed by atoms with van der Waals surface area (Å²) in [5, 5.41) is 9.07. The van der Waals surface area contributed by atoms with E-state index in [0.717, 1.165) is 34.0 Å². The average molecular weight is 455 g/mol. The maximum Gasteiger partial charge on any atom is 0.137 e. The van der Waals surface area contributed by atoms with Crippen LogP contribution in [0, 0.1) is 5.92 Å². The summed E-state index contributed by atoms with van der Waals surface area (Å²) in [6, 6.07) is 29.0. The first kappa shape index (κ1) is 19.8. The highest BCUT2D eigenvalue weighted by molar-refractivity contribution is 6.09. The number of hydrogen-bond donors (Lipinski definition) is 0. The standard InChI is InChI=1S/C30H22N4O/c1-3-12-27-21(8-1)20-32-34(27)22-9-7-10-23(18-22)35-24-15-16-26-25-11-2-4-13-28(25)33(29(26)19-24)30-14-5-6-17-31-30/h1-21,27H. The number of hydrogen-bond acceptors (Lipinski definition) is 4. The first-order valence-electron chi connectivity index (χ1n) is 11.8. The van der Waals surface area contributed by atoms with E-state index in [9.17, 15) is 0 Å². The van der Waals surface area contributed by atoms with Crippen molar-refractivity contribution >= 4 is 33.7 Å². The van der Waals surface area contributed by atoms with Gasteiger partial charge in [0.15, 0.2) is 0 Å². The summed E-state index contributed by atoms with van der Waals surface area (Å²) in [5.41, 5.74) is 3.19. The summed E-state index contributed by atoms with van der Waals surface area (Å²) in [4.78, 5) is 4.62. The fourth-order valence-electron chi connectivity index (χ4n) is 5.03. The molecular weight excluding hydrogens is 432 g/mol. The molecule has 3 aromatic carbocycles. The zero-order chi connectivity index (χ0) is 23.2. The van der Waals surface area contributed by atoms with Crippen LogP contribution in [0.15, 0.2) is 121 Å². The van der Waals surface area contributed by atoms with Gasteiger partial charge in [-0.25, -0.2) is 4.98 Å². The predicted octanol–water partition coefficient (Wildman–Crippen LogP) is 6.89. The summed E-state index contributed by atoms with van der Waals surface area (Å²) < 4.78 is 8.56. The smallest absolute Gasteiger partial charge is 0.137 e. The van der Waals surface area contributed by atoms with Crippen molar-refractivity contribution in [3.05, 3.63) is 115 Å². The third kappa shape index (κ3) is 3.32. The average Bonchev–Trinajstić information content (AvgIpc) is 3.48. The van der Waals surface area contributed by atoms with Gasteiger partial charge in [-0.15, -0.1) is 0 Å². The number of aromatic nitrogens is 2. The van der Waals surface area contributed by atoms with Crippen molar-refractivity contribution in [2.45, 2.75) is 6.04 Å². The molecule has 0 saturated carbocycles. The number of rotatable bonds is 4. The normalized spacial score (nSPS) is 18.5. The number of hydrazone groups is 1. The molecule has 5 heteroatoms. The molecular formula is C30H22N4O. The number of allylic oxidation sites excluding steroid dienone is 2. The molecule has 168 valence electrons. The molecule has 1 aliphatic carbocycles. The minimum absolute atomic E-state index is 0.209. The van der Waals surface area contributed by atoms with Crippen LogP contribution < -0.4 is 9.75 Å². The number of fused-ring (bicyclic) bond motifs is 4. The molecule has 1 aliphatic heterocycles. The molecule has 35 heavy (non-hydrogen) atoms. The molecule has 7 rings (SSSR count). The van der Waals surface area contributed by atoms with Crippen LogP contribution in [0.5, 0.6) is 11.5 Å². The number of pyridine rings is 1.